The Kier molecular flexibility index (Phi) is 4.72. The first-order valence-electron chi connectivity index (χ1n) is 10.2. The Balaban J connectivity index is 1.92. The predicted octanol–water partition coefficient (Wildman–Crippen LogP) is 5.41. The third-order valence-corrected chi connectivity index (χ3v) is 6.03. The van der Waals surface area contributed by atoms with E-state index in [1.54, 1.807) is 16.8 Å². The molecule has 8 heteroatoms. The molecule has 1 unspecified atom stereocenters. The van der Waals surface area contributed by atoms with Gasteiger partial charge in [0.15, 0.2) is 6.10 Å². The zero-order chi connectivity index (χ0) is 22.6. The number of aryl methyl sites for hydroxylation is 1. The van der Waals surface area contributed by atoms with Gasteiger partial charge in [-0.15, -0.1) is 11.3 Å². The summed E-state index contributed by atoms with van der Waals surface area (Å²) in [7, 11) is 0. The van der Waals surface area contributed by atoms with Gasteiger partial charge in [0.25, 0.3) is 0 Å². The predicted molar refractivity (Wildman–Crippen MR) is 125 cm³/mol. The number of nitrogens with zero attached hydrogens (tertiary/aromatic N) is 4. The monoisotopic (exact) mass is 446 g/mol. The van der Waals surface area contributed by atoms with Crippen LogP contribution in [0, 0.1) is 6.92 Å². The van der Waals surface area contributed by atoms with E-state index in [0.717, 1.165) is 26.8 Å². The molecular formula is C24H22N4O3S. The van der Waals surface area contributed by atoms with E-state index in [0.29, 0.717) is 22.7 Å². The third-order valence-electron chi connectivity index (χ3n) is 5.24. The van der Waals surface area contributed by atoms with Crippen LogP contribution in [-0.2, 0) is 9.53 Å². The molecule has 0 amide bonds. The van der Waals surface area contributed by atoms with Crippen LogP contribution in [0.5, 0.6) is 0 Å². The molecule has 5 aromatic rings. The van der Waals surface area contributed by atoms with E-state index < -0.39 is 17.7 Å². The second-order valence-electron chi connectivity index (χ2n) is 8.68. The van der Waals surface area contributed by atoms with Gasteiger partial charge in [-0.1, -0.05) is 18.2 Å². The Morgan fingerprint density at radius 3 is 2.66 bits per heavy atom. The van der Waals surface area contributed by atoms with Gasteiger partial charge in [-0.3, -0.25) is 4.40 Å². The van der Waals surface area contributed by atoms with Crippen LogP contribution in [0.25, 0.3) is 38.3 Å². The van der Waals surface area contributed by atoms with Gasteiger partial charge in [0, 0.05) is 16.8 Å². The van der Waals surface area contributed by atoms with Crippen molar-refractivity contribution in [2.45, 2.75) is 39.4 Å². The van der Waals surface area contributed by atoms with Gasteiger partial charge in [0.05, 0.1) is 38.1 Å². The smallest absolute Gasteiger partial charge is 0.337 e. The molecule has 0 aliphatic carbocycles. The number of para-hydroxylation sites is 2. The molecule has 162 valence electrons. The lowest BCUT2D eigenvalue weighted by Gasteiger charge is -2.27. The third kappa shape index (κ3) is 3.41. The molecule has 2 aromatic carbocycles. The summed E-state index contributed by atoms with van der Waals surface area (Å²) < 4.78 is 9.01. The highest BCUT2D eigenvalue weighted by molar-refractivity contribution is 7.16. The van der Waals surface area contributed by atoms with Gasteiger partial charge in [-0.25, -0.2) is 19.7 Å². The summed E-state index contributed by atoms with van der Waals surface area (Å²) in [6.07, 6.45) is -1.19. The topological polar surface area (TPSA) is 89.6 Å². The number of hydrogen-bond donors (Lipinski definition) is 1. The number of benzene rings is 2. The summed E-state index contributed by atoms with van der Waals surface area (Å²) in [5, 5.41) is 10.2. The molecule has 1 atom stereocenters. The fourth-order valence-electron chi connectivity index (χ4n) is 4.00. The zero-order valence-corrected chi connectivity index (χ0v) is 19.0. The van der Waals surface area contributed by atoms with Crippen molar-refractivity contribution in [3.05, 3.63) is 59.2 Å². The maximum atomic E-state index is 12.4. The van der Waals surface area contributed by atoms with Crippen molar-refractivity contribution < 1.29 is 14.6 Å². The lowest BCUT2D eigenvalue weighted by Crippen LogP contribution is -2.29. The van der Waals surface area contributed by atoms with Crippen LogP contribution in [0.15, 0.2) is 48.0 Å². The fraction of sp³-hybridized carbons (Fsp3) is 0.250. The maximum Gasteiger partial charge on any atom is 0.337 e. The number of aliphatic carboxylic acids is 1. The lowest BCUT2D eigenvalue weighted by atomic mass is 9.98. The summed E-state index contributed by atoms with van der Waals surface area (Å²) in [5.74, 6) is -0.541. The highest BCUT2D eigenvalue weighted by Crippen LogP contribution is 2.38. The van der Waals surface area contributed by atoms with E-state index in [-0.39, 0.29) is 0 Å². The highest BCUT2D eigenvalue weighted by atomic mass is 32.1. The molecule has 0 bridgehead atoms. The SMILES string of the molecule is Cc1nc2nc3ccccc3n2c(-c2ccc3ncsc3c2)c1C(OC(C)(C)C)C(=O)O. The van der Waals surface area contributed by atoms with Crippen LogP contribution in [0.2, 0.25) is 0 Å². The van der Waals surface area contributed by atoms with E-state index in [9.17, 15) is 9.90 Å². The minimum Gasteiger partial charge on any atom is -0.479 e. The number of aromatic nitrogens is 4. The standard InChI is InChI=1S/C24H22N4O3S/c1-13-19(21(22(29)30)31-24(2,3)4)20(14-9-10-16-18(11-14)32-12-25-16)28-17-8-6-5-7-15(17)27-23(28)26-13/h5-12,21H,1-4H3,(H,29,30). The van der Waals surface area contributed by atoms with Crippen LogP contribution >= 0.6 is 11.3 Å². The van der Waals surface area contributed by atoms with E-state index in [1.807, 2.05) is 74.6 Å². The molecule has 7 nitrogen and oxygen atoms in total. The van der Waals surface area contributed by atoms with E-state index in [2.05, 4.69) is 15.0 Å². The Morgan fingerprint density at radius 2 is 1.91 bits per heavy atom. The highest BCUT2D eigenvalue weighted by Gasteiger charge is 2.33. The zero-order valence-electron chi connectivity index (χ0n) is 18.2. The maximum absolute atomic E-state index is 12.4. The van der Waals surface area contributed by atoms with Crippen LogP contribution in [0.1, 0.15) is 38.1 Å². The van der Waals surface area contributed by atoms with Crippen LogP contribution in [0.3, 0.4) is 0 Å². The van der Waals surface area contributed by atoms with Crippen molar-refractivity contribution in [3.63, 3.8) is 0 Å². The van der Waals surface area contributed by atoms with Gasteiger partial charge in [0.2, 0.25) is 5.78 Å². The van der Waals surface area contributed by atoms with Crippen molar-refractivity contribution in [1.82, 2.24) is 19.4 Å². The van der Waals surface area contributed by atoms with Crippen LogP contribution in [-0.4, -0.2) is 36.0 Å². The van der Waals surface area contributed by atoms with Gasteiger partial charge in [-0.2, -0.15) is 0 Å². The summed E-state index contributed by atoms with van der Waals surface area (Å²) in [4.78, 5) is 26.2. The molecule has 3 heterocycles. The molecule has 0 saturated carbocycles. The molecule has 0 spiro atoms. The minimum atomic E-state index is -1.19. The van der Waals surface area contributed by atoms with Crippen LogP contribution < -0.4 is 0 Å². The Morgan fingerprint density at radius 1 is 1.12 bits per heavy atom. The molecule has 0 radical (unpaired) electrons. The van der Waals surface area contributed by atoms with E-state index in [1.165, 1.54) is 0 Å². The summed E-state index contributed by atoms with van der Waals surface area (Å²) in [6.45, 7) is 7.35. The number of ether oxygens (including phenoxy) is 1. The Bertz CT molecular complexity index is 1500. The van der Waals surface area contributed by atoms with Crippen molar-refractivity contribution in [3.8, 4) is 11.3 Å². The number of hydrogen-bond acceptors (Lipinski definition) is 6. The van der Waals surface area contributed by atoms with Crippen molar-refractivity contribution >= 4 is 44.3 Å². The number of imidazole rings is 1. The fourth-order valence-corrected chi connectivity index (χ4v) is 4.71. The van der Waals surface area contributed by atoms with Gasteiger partial charge in [0.1, 0.15) is 0 Å². The molecule has 1 N–H and O–H groups in total. The van der Waals surface area contributed by atoms with Crippen molar-refractivity contribution in [1.29, 1.82) is 0 Å². The first kappa shape index (κ1) is 20.5. The Labute approximate surface area is 188 Å². The number of thiazole rings is 1. The number of rotatable bonds is 4. The first-order valence-corrected chi connectivity index (χ1v) is 11.1. The first-order chi connectivity index (χ1) is 15.2. The largest absolute Gasteiger partial charge is 0.479 e. The number of carbonyl (C=O) groups is 1. The van der Waals surface area contributed by atoms with Crippen LogP contribution in [0.4, 0.5) is 0 Å². The molecular weight excluding hydrogens is 424 g/mol. The summed E-state index contributed by atoms with van der Waals surface area (Å²) in [6, 6.07) is 13.7. The van der Waals surface area contributed by atoms with Gasteiger partial charge < -0.3 is 9.84 Å². The molecule has 0 saturated heterocycles. The van der Waals surface area contributed by atoms with Crippen molar-refractivity contribution in [2.24, 2.45) is 0 Å². The van der Waals surface area contributed by atoms with Gasteiger partial charge >= 0.3 is 5.97 Å². The van der Waals surface area contributed by atoms with Crippen molar-refractivity contribution in [2.75, 3.05) is 0 Å². The molecule has 5 rings (SSSR count). The average Bonchev–Trinajstić information content (AvgIpc) is 3.33. The molecule has 0 aliphatic heterocycles. The second-order valence-corrected chi connectivity index (χ2v) is 9.57. The Hall–Kier alpha value is -3.36. The molecule has 0 fully saturated rings. The molecule has 0 aliphatic rings. The number of fused-ring (bicyclic) bond motifs is 4. The quantitative estimate of drug-likeness (QED) is 0.397. The average molecular weight is 447 g/mol. The summed E-state index contributed by atoms with van der Waals surface area (Å²) in [5.41, 5.74) is 6.36. The molecule has 3 aromatic heterocycles. The van der Waals surface area contributed by atoms with E-state index in [4.69, 9.17) is 4.74 Å². The minimum absolute atomic E-state index is 0.520. The second kappa shape index (κ2) is 7.36. The number of carboxylic acid groups (broad SMARTS) is 1. The van der Waals surface area contributed by atoms with E-state index >= 15 is 0 Å². The lowest BCUT2D eigenvalue weighted by molar-refractivity contribution is -0.160. The number of carboxylic acids is 1. The van der Waals surface area contributed by atoms with Gasteiger partial charge in [-0.05, 0) is 52.0 Å². The molecule has 32 heavy (non-hydrogen) atoms. The summed E-state index contributed by atoms with van der Waals surface area (Å²) >= 11 is 1.54. The normalized spacial score (nSPS) is 13.2.